The number of aromatic nitrogens is 3. The summed E-state index contributed by atoms with van der Waals surface area (Å²) in [5, 5.41) is 16.8. The number of aliphatic hydroxyl groups excluding tert-OH is 1. The number of nitrogens with one attached hydrogen (secondary N) is 1. The average Bonchev–Trinajstić information content (AvgIpc) is 3.18. The van der Waals surface area contributed by atoms with E-state index >= 15 is 0 Å². The lowest BCUT2D eigenvalue weighted by atomic mass is 10.0. The molecule has 10 heteroatoms. The van der Waals surface area contributed by atoms with Crippen molar-refractivity contribution in [3.63, 3.8) is 0 Å². The van der Waals surface area contributed by atoms with Crippen molar-refractivity contribution in [3.8, 4) is 22.5 Å². The van der Waals surface area contributed by atoms with Crippen molar-refractivity contribution < 1.29 is 23.1 Å². The van der Waals surface area contributed by atoms with Crippen LogP contribution >= 0.6 is 0 Å². The van der Waals surface area contributed by atoms with E-state index in [1.807, 2.05) is 0 Å². The normalized spacial score (nSPS) is 14.9. The van der Waals surface area contributed by atoms with E-state index in [-0.39, 0.29) is 19.2 Å². The summed E-state index contributed by atoms with van der Waals surface area (Å²) in [6.07, 6.45) is -1.09. The molecule has 1 aromatic carbocycles. The van der Waals surface area contributed by atoms with Crippen LogP contribution in [0.3, 0.4) is 0 Å². The van der Waals surface area contributed by atoms with Gasteiger partial charge in [-0.3, -0.25) is 9.48 Å². The Labute approximate surface area is 176 Å². The van der Waals surface area contributed by atoms with E-state index in [0.717, 1.165) is 12.1 Å². The summed E-state index contributed by atoms with van der Waals surface area (Å²) in [7, 11) is 1.75. The molecule has 0 saturated carbocycles. The number of rotatable bonds is 4. The average molecular weight is 431 g/mol. The minimum Gasteiger partial charge on any atom is -0.394 e. The molecule has 3 aromatic rings. The lowest BCUT2D eigenvalue weighted by Gasteiger charge is -2.34. The second-order valence-corrected chi connectivity index (χ2v) is 7.40. The van der Waals surface area contributed by atoms with Gasteiger partial charge in [-0.05, 0) is 25.1 Å². The van der Waals surface area contributed by atoms with Crippen LogP contribution in [0, 0.1) is 0 Å². The molecule has 0 bridgehead atoms. The Morgan fingerprint density at radius 2 is 1.94 bits per heavy atom. The Kier molecular flexibility index (Phi) is 5.18. The largest absolute Gasteiger partial charge is 0.416 e. The Bertz CT molecular complexity index is 1130. The van der Waals surface area contributed by atoms with Crippen LogP contribution in [-0.4, -0.2) is 50.0 Å². The molecule has 2 aromatic heterocycles. The van der Waals surface area contributed by atoms with Gasteiger partial charge in [0.1, 0.15) is 0 Å². The first-order valence-corrected chi connectivity index (χ1v) is 9.56. The molecular formula is C21H20F3N5O2. The smallest absolute Gasteiger partial charge is 0.394 e. The molecule has 1 aliphatic heterocycles. The van der Waals surface area contributed by atoms with Crippen molar-refractivity contribution in [1.29, 1.82) is 0 Å². The van der Waals surface area contributed by atoms with Crippen molar-refractivity contribution in [2.75, 3.05) is 18.6 Å². The maximum Gasteiger partial charge on any atom is 0.416 e. The molecule has 1 atom stereocenters. The third-order valence-electron chi connectivity index (χ3n) is 5.22. The lowest BCUT2D eigenvalue weighted by molar-refractivity contribution is -0.137. The van der Waals surface area contributed by atoms with Crippen molar-refractivity contribution in [1.82, 2.24) is 19.7 Å². The number of halogens is 3. The predicted octanol–water partition coefficient (Wildman–Crippen LogP) is 3.37. The highest BCUT2D eigenvalue weighted by Crippen LogP contribution is 2.37. The number of benzene rings is 1. The molecule has 0 fully saturated rings. The Morgan fingerprint density at radius 3 is 2.52 bits per heavy atom. The number of fused-ring (bicyclic) bond motifs is 1. The van der Waals surface area contributed by atoms with Crippen LogP contribution in [0.5, 0.6) is 0 Å². The van der Waals surface area contributed by atoms with Gasteiger partial charge in [-0.25, -0.2) is 4.98 Å². The first kappa shape index (κ1) is 20.9. The fraction of sp³-hybridized carbons (Fsp3) is 0.286. The summed E-state index contributed by atoms with van der Waals surface area (Å²) in [5.74, 6) is -0.295. The zero-order chi connectivity index (χ0) is 22.3. The molecule has 0 saturated heterocycles. The number of amides is 1. The summed E-state index contributed by atoms with van der Waals surface area (Å²) in [6, 6.07) is 5.79. The number of pyridine rings is 1. The highest BCUT2D eigenvalue weighted by molar-refractivity contribution is 6.05. The van der Waals surface area contributed by atoms with Gasteiger partial charge in [-0.15, -0.1) is 0 Å². The number of carbonyl (C=O) groups is 1. The van der Waals surface area contributed by atoms with Crippen LogP contribution in [0.25, 0.3) is 22.5 Å². The molecule has 1 unspecified atom stereocenters. The molecule has 0 aliphatic carbocycles. The first-order chi connectivity index (χ1) is 14.7. The molecule has 0 radical (unpaired) electrons. The van der Waals surface area contributed by atoms with Gasteiger partial charge in [0.15, 0.2) is 0 Å². The Hall–Kier alpha value is -3.40. The Balaban J connectivity index is 1.86. The Morgan fingerprint density at radius 1 is 1.23 bits per heavy atom. The molecule has 1 aliphatic rings. The number of nitrogens with zero attached hydrogens (tertiary/aromatic N) is 4. The molecule has 31 heavy (non-hydrogen) atoms. The highest BCUT2D eigenvalue weighted by atomic mass is 19.4. The predicted molar refractivity (Wildman–Crippen MR) is 108 cm³/mol. The molecule has 0 spiro atoms. The standard InChI is InChI=1S/C21H20F3N5O2/c1-12(10-30)29-11-25-19-16(20(29)31)7-17(27-18(19)14-8-26-28(2)9-14)13-3-5-15(6-4-13)21(22,23)24/h3-9,12,25,30H,10-11H2,1-2H3. The van der Waals surface area contributed by atoms with Gasteiger partial charge >= 0.3 is 6.18 Å². The molecule has 4 rings (SSSR count). The summed E-state index contributed by atoms with van der Waals surface area (Å²) in [4.78, 5) is 19.3. The SMILES string of the molecule is CC(CO)N1CNc2c(cc(-c3ccc(C(F)(F)F)cc3)nc2-c2cnn(C)c2)C1=O. The second-order valence-electron chi connectivity index (χ2n) is 7.40. The maximum absolute atomic E-state index is 13.2. The number of anilines is 1. The van der Waals surface area contributed by atoms with E-state index < -0.39 is 17.8 Å². The molecule has 162 valence electrons. The zero-order valence-corrected chi connectivity index (χ0v) is 16.8. The number of carbonyl (C=O) groups excluding carboxylic acids is 1. The quantitative estimate of drug-likeness (QED) is 0.662. The second kappa shape index (κ2) is 7.69. The van der Waals surface area contributed by atoms with Gasteiger partial charge < -0.3 is 15.3 Å². The number of hydrogen-bond donors (Lipinski definition) is 2. The van der Waals surface area contributed by atoms with Crippen LogP contribution in [0.15, 0.2) is 42.7 Å². The molecular weight excluding hydrogens is 411 g/mol. The van der Waals surface area contributed by atoms with Crippen molar-refractivity contribution in [2.45, 2.75) is 19.1 Å². The third-order valence-corrected chi connectivity index (χ3v) is 5.22. The van der Waals surface area contributed by atoms with E-state index in [0.29, 0.717) is 33.8 Å². The summed E-state index contributed by atoms with van der Waals surface area (Å²) < 4.78 is 40.4. The van der Waals surface area contributed by atoms with Gasteiger partial charge in [-0.2, -0.15) is 18.3 Å². The van der Waals surface area contributed by atoms with Crippen LogP contribution in [0.1, 0.15) is 22.8 Å². The van der Waals surface area contributed by atoms with Gasteiger partial charge in [0.2, 0.25) is 0 Å². The van der Waals surface area contributed by atoms with Crippen molar-refractivity contribution >= 4 is 11.6 Å². The molecule has 2 N–H and O–H groups in total. The number of alkyl halides is 3. The summed E-state index contributed by atoms with van der Waals surface area (Å²) >= 11 is 0. The van der Waals surface area contributed by atoms with E-state index in [2.05, 4.69) is 15.4 Å². The van der Waals surface area contributed by atoms with Crippen LogP contribution in [-0.2, 0) is 13.2 Å². The van der Waals surface area contributed by atoms with Crippen molar-refractivity contribution in [2.24, 2.45) is 7.05 Å². The summed E-state index contributed by atoms with van der Waals surface area (Å²) in [5.41, 5.74) is 2.04. The number of hydrogen-bond acceptors (Lipinski definition) is 5. The molecule has 3 heterocycles. The highest BCUT2D eigenvalue weighted by Gasteiger charge is 2.32. The fourth-order valence-corrected chi connectivity index (χ4v) is 3.47. The minimum absolute atomic E-state index is 0.197. The number of aliphatic hydroxyl groups is 1. The van der Waals surface area contributed by atoms with E-state index in [9.17, 15) is 23.1 Å². The lowest BCUT2D eigenvalue weighted by Crippen LogP contribution is -2.47. The summed E-state index contributed by atoms with van der Waals surface area (Å²) in [6.45, 7) is 1.72. The van der Waals surface area contributed by atoms with E-state index in [4.69, 9.17) is 0 Å². The van der Waals surface area contributed by atoms with Gasteiger partial charge in [0, 0.05) is 24.4 Å². The molecule has 7 nitrogen and oxygen atoms in total. The van der Waals surface area contributed by atoms with E-state index in [1.54, 1.807) is 37.1 Å². The topological polar surface area (TPSA) is 83.3 Å². The number of aryl methyl sites for hydroxylation is 1. The van der Waals surface area contributed by atoms with Gasteiger partial charge in [0.25, 0.3) is 5.91 Å². The van der Waals surface area contributed by atoms with Gasteiger partial charge in [0.05, 0.1) is 53.7 Å². The maximum atomic E-state index is 13.2. The first-order valence-electron chi connectivity index (χ1n) is 9.56. The van der Waals surface area contributed by atoms with Crippen LogP contribution < -0.4 is 5.32 Å². The minimum atomic E-state index is -4.44. The third kappa shape index (κ3) is 3.86. The van der Waals surface area contributed by atoms with Gasteiger partial charge in [-0.1, -0.05) is 12.1 Å². The van der Waals surface area contributed by atoms with Crippen LogP contribution in [0.4, 0.5) is 18.9 Å². The molecule has 1 amide bonds. The fourth-order valence-electron chi connectivity index (χ4n) is 3.47. The van der Waals surface area contributed by atoms with Crippen molar-refractivity contribution in [3.05, 3.63) is 53.9 Å². The zero-order valence-electron chi connectivity index (χ0n) is 16.8. The monoisotopic (exact) mass is 431 g/mol. The van der Waals surface area contributed by atoms with Crippen LogP contribution in [0.2, 0.25) is 0 Å². The van der Waals surface area contributed by atoms with E-state index in [1.165, 1.54) is 17.0 Å².